The van der Waals surface area contributed by atoms with E-state index in [0.29, 0.717) is 0 Å². The molecule has 0 aromatic heterocycles. The van der Waals surface area contributed by atoms with Crippen LogP contribution in [0.25, 0.3) is 0 Å². The van der Waals surface area contributed by atoms with Crippen molar-refractivity contribution in [2.45, 2.75) is 11.5 Å². The number of para-hydroxylation sites is 2. The standard InChI is InChI=1S/C13H9ClF2N2O5S/c14-9-6-5-8(7-11(9)18(19)20)24(21,22)17-10-3-1-2-4-12(10)23-13(15)16/h1-7,13,17H. The molecule has 2 aromatic carbocycles. The van der Waals surface area contributed by atoms with Gasteiger partial charge in [-0.2, -0.15) is 8.78 Å². The van der Waals surface area contributed by atoms with Crippen LogP contribution in [0.5, 0.6) is 5.75 Å². The lowest BCUT2D eigenvalue weighted by Gasteiger charge is -2.13. The molecule has 0 bridgehead atoms. The molecule has 0 spiro atoms. The summed E-state index contributed by atoms with van der Waals surface area (Å²) in [5.41, 5.74) is -0.841. The van der Waals surface area contributed by atoms with Gasteiger partial charge in [-0.3, -0.25) is 14.8 Å². The van der Waals surface area contributed by atoms with Crippen LogP contribution in [0.15, 0.2) is 47.4 Å². The molecule has 1 N–H and O–H groups in total. The number of hydrogen-bond donors (Lipinski definition) is 1. The molecule has 0 atom stereocenters. The third-order valence-corrected chi connectivity index (χ3v) is 4.45. The van der Waals surface area contributed by atoms with Crippen LogP contribution in [-0.4, -0.2) is 20.0 Å². The van der Waals surface area contributed by atoms with Crippen LogP contribution in [0, 0.1) is 10.1 Å². The number of ether oxygens (including phenoxy) is 1. The Morgan fingerprint density at radius 2 is 1.88 bits per heavy atom. The summed E-state index contributed by atoms with van der Waals surface area (Å²) in [5, 5.41) is 10.6. The van der Waals surface area contributed by atoms with E-state index < -0.39 is 32.1 Å². The second-order valence-corrected chi connectivity index (χ2v) is 6.44. The van der Waals surface area contributed by atoms with Crippen molar-refractivity contribution in [3.63, 3.8) is 0 Å². The number of nitro groups is 1. The molecule has 0 amide bonds. The van der Waals surface area contributed by atoms with E-state index in [2.05, 4.69) is 4.74 Å². The highest BCUT2D eigenvalue weighted by Gasteiger charge is 2.22. The van der Waals surface area contributed by atoms with Crippen LogP contribution >= 0.6 is 11.6 Å². The Morgan fingerprint density at radius 1 is 1.21 bits per heavy atom. The van der Waals surface area contributed by atoms with Crippen molar-refractivity contribution >= 4 is 33.0 Å². The van der Waals surface area contributed by atoms with Gasteiger partial charge in [0.25, 0.3) is 15.7 Å². The van der Waals surface area contributed by atoms with E-state index in [1.165, 1.54) is 18.2 Å². The normalized spacial score (nSPS) is 11.3. The van der Waals surface area contributed by atoms with Crippen molar-refractivity contribution in [1.29, 1.82) is 0 Å². The molecule has 0 unspecified atom stereocenters. The predicted molar refractivity (Wildman–Crippen MR) is 82.0 cm³/mol. The molecular weight excluding hydrogens is 370 g/mol. The van der Waals surface area contributed by atoms with E-state index in [1.807, 2.05) is 4.72 Å². The third kappa shape index (κ3) is 4.09. The number of halogens is 3. The van der Waals surface area contributed by atoms with E-state index in [-0.39, 0.29) is 16.5 Å². The number of nitrogens with zero attached hydrogens (tertiary/aromatic N) is 1. The molecule has 0 aliphatic carbocycles. The smallest absolute Gasteiger partial charge is 0.387 e. The summed E-state index contributed by atoms with van der Waals surface area (Å²) in [4.78, 5) is 9.55. The van der Waals surface area contributed by atoms with Gasteiger partial charge in [-0.25, -0.2) is 8.42 Å². The molecule has 0 heterocycles. The minimum absolute atomic E-state index is 0.236. The molecule has 0 saturated carbocycles. The number of benzene rings is 2. The average Bonchev–Trinajstić information content (AvgIpc) is 2.48. The van der Waals surface area contributed by atoms with E-state index in [9.17, 15) is 27.3 Å². The highest BCUT2D eigenvalue weighted by molar-refractivity contribution is 7.92. The predicted octanol–water partition coefficient (Wildman–Crippen LogP) is 3.65. The Morgan fingerprint density at radius 3 is 2.50 bits per heavy atom. The third-order valence-electron chi connectivity index (χ3n) is 2.77. The fraction of sp³-hybridized carbons (Fsp3) is 0.0769. The molecule has 0 aliphatic rings. The molecule has 7 nitrogen and oxygen atoms in total. The molecule has 0 aliphatic heterocycles. The first-order chi connectivity index (χ1) is 11.2. The quantitative estimate of drug-likeness (QED) is 0.611. The molecule has 0 radical (unpaired) electrons. The van der Waals surface area contributed by atoms with Gasteiger partial charge in [0.05, 0.1) is 15.5 Å². The molecule has 0 saturated heterocycles. The van der Waals surface area contributed by atoms with Gasteiger partial charge >= 0.3 is 6.61 Å². The molecule has 128 valence electrons. The molecule has 0 fully saturated rings. The number of sulfonamides is 1. The Balaban J connectivity index is 2.40. The van der Waals surface area contributed by atoms with Gasteiger partial charge in [-0.15, -0.1) is 0 Å². The van der Waals surface area contributed by atoms with Gasteiger partial charge in [0.15, 0.2) is 0 Å². The lowest BCUT2D eigenvalue weighted by molar-refractivity contribution is -0.384. The van der Waals surface area contributed by atoms with Crippen molar-refractivity contribution in [3.05, 3.63) is 57.6 Å². The van der Waals surface area contributed by atoms with Gasteiger partial charge in [0.1, 0.15) is 10.8 Å². The SMILES string of the molecule is O=[N+]([O-])c1cc(S(=O)(=O)Nc2ccccc2OC(F)F)ccc1Cl. The first-order valence-electron chi connectivity index (χ1n) is 6.21. The van der Waals surface area contributed by atoms with Gasteiger partial charge in [0, 0.05) is 6.07 Å². The van der Waals surface area contributed by atoms with Crippen LogP contribution in [0.2, 0.25) is 5.02 Å². The van der Waals surface area contributed by atoms with Crippen molar-refractivity contribution in [3.8, 4) is 5.75 Å². The average molecular weight is 379 g/mol. The summed E-state index contributed by atoms with van der Waals surface area (Å²) < 4.78 is 55.6. The molecule has 2 aromatic rings. The van der Waals surface area contributed by atoms with Crippen molar-refractivity contribution in [2.75, 3.05) is 4.72 Å². The monoisotopic (exact) mass is 378 g/mol. The van der Waals surface area contributed by atoms with Gasteiger partial charge in [-0.1, -0.05) is 23.7 Å². The zero-order chi connectivity index (χ0) is 17.9. The lowest BCUT2D eigenvalue weighted by atomic mass is 10.3. The number of nitrogens with one attached hydrogen (secondary N) is 1. The molecule has 2 rings (SSSR count). The largest absolute Gasteiger partial charge is 0.433 e. The highest BCUT2D eigenvalue weighted by atomic mass is 35.5. The Kier molecular flexibility index (Phi) is 5.20. The van der Waals surface area contributed by atoms with Crippen LogP contribution in [0.4, 0.5) is 20.2 Å². The number of anilines is 1. The number of nitro benzene ring substituents is 1. The topological polar surface area (TPSA) is 98.5 Å². The summed E-state index contributed by atoms with van der Waals surface area (Å²) >= 11 is 5.62. The summed E-state index contributed by atoms with van der Waals surface area (Å²) in [5.74, 6) is -0.389. The van der Waals surface area contributed by atoms with Crippen LogP contribution in [0.3, 0.4) is 0 Å². The van der Waals surface area contributed by atoms with E-state index >= 15 is 0 Å². The molecule has 11 heteroatoms. The van der Waals surface area contributed by atoms with E-state index in [1.54, 1.807) is 0 Å². The number of hydrogen-bond acceptors (Lipinski definition) is 5. The zero-order valence-electron chi connectivity index (χ0n) is 11.6. The first-order valence-corrected chi connectivity index (χ1v) is 8.07. The molecular formula is C13H9ClF2N2O5S. The summed E-state index contributed by atoms with van der Waals surface area (Å²) in [6, 6.07) is 8.00. The Labute approximate surface area is 140 Å². The Bertz CT molecular complexity index is 876. The highest BCUT2D eigenvalue weighted by Crippen LogP contribution is 2.31. The summed E-state index contributed by atoms with van der Waals surface area (Å²) in [6.45, 7) is -3.15. The zero-order valence-corrected chi connectivity index (χ0v) is 13.2. The van der Waals surface area contributed by atoms with Crippen molar-refractivity contribution in [2.24, 2.45) is 0 Å². The van der Waals surface area contributed by atoms with Crippen LogP contribution in [0.1, 0.15) is 0 Å². The summed E-state index contributed by atoms with van der Waals surface area (Å²) in [6.07, 6.45) is 0. The van der Waals surface area contributed by atoms with Gasteiger partial charge < -0.3 is 4.74 Å². The maximum absolute atomic E-state index is 12.4. The van der Waals surface area contributed by atoms with E-state index in [4.69, 9.17) is 11.6 Å². The van der Waals surface area contributed by atoms with Gasteiger partial charge in [-0.05, 0) is 24.3 Å². The minimum atomic E-state index is -4.28. The number of rotatable bonds is 6. The van der Waals surface area contributed by atoms with E-state index in [0.717, 1.165) is 24.3 Å². The lowest BCUT2D eigenvalue weighted by Crippen LogP contribution is -2.15. The van der Waals surface area contributed by atoms with Crippen LogP contribution in [-0.2, 0) is 10.0 Å². The second-order valence-electron chi connectivity index (χ2n) is 4.35. The van der Waals surface area contributed by atoms with Crippen molar-refractivity contribution in [1.82, 2.24) is 0 Å². The van der Waals surface area contributed by atoms with Gasteiger partial charge in [0.2, 0.25) is 0 Å². The fourth-order valence-electron chi connectivity index (χ4n) is 1.75. The number of alkyl halides is 2. The maximum atomic E-state index is 12.4. The second kappa shape index (κ2) is 6.97. The fourth-order valence-corrected chi connectivity index (χ4v) is 3.03. The maximum Gasteiger partial charge on any atom is 0.387 e. The van der Waals surface area contributed by atoms with Crippen LogP contribution < -0.4 is 9.46 Å². The summed E-state index contributed by atoms with van der Waals surface area (Å²) in [7, 11) is -4.28. The molecule has 24 heavy (non-hydrogen) atoms. The van der Waals surface area contributed by atoms with Crippen molar-refractivity contribution < 1.29 is 26.9 Å². The minimum Gasteiger partial charge on any atom is -0.433 e. The Hall–Kier alpha value is -2.46. The first kappa shape index (κ1) is 17.9.